The van der Waals surface area contributed by atoms with Crippen LogP contribution in [0.15, 0.2) is 22.7 Å². The van der Waals surface area contributed by atoms with Gasteiger partial charge in [-0.15, -0.1) is 0 Å². The van der Waals surface area contributed by atoms with E-state index in [1.807, 2.05) is 19.1 Å². The highest BCUT2D eigenvalue weighted by Crippen LogP contribution is 2.27. The molecular weight excluding hydrogens is 188 g/mol. The number of nitrogens with two attached hydrogens (primary N) is 1. The summed E-state index contributed by atoms with van der Waals surface area (Å²) in [5.74, 6) is 1.28. The fourth-order valence-corrected chi connectivity index (χ4v) is 1.68. The van der Waals surface area contributed by atoms with Gasteiger partial charge in [-0.05, 0) is 24.6 Å². The molecule has 3 heteroatoms. The third kappa shape index (κ3) is 1.75. The maximum atomic E-state index is 5.85. The van der Waals surface area contributed by atoms with Crippen LogP contribution in [-0.4, -0.2) is 5.16 Å². The van der Waals surface area contributed by atoms with Crippen molar-refractivity contribution < 1.29 is 4.52 Å². The summed E-state index contributed by atoms with van der Waals surface area (Å²) in [7, 11) is 0. The van der Waals surface area contributed by atoms with Gasteiger partial charge in [-0.2, -0.15) is 0 Å². The summed E-state index contributed by atoms with van der Waals surface area (Å²) in [4.78, 5) is 0. The van der Waals surface area contributed by atoms with Crippen LogP contribution in [0.2, 0.25) is 0 Å². The van der Waals surface area contributed by atoms with Crippen LogP contribution >= 0.6 is 0 Å². The van der Waals surface area contributed by atoms with Gasteiger partial charge < -0.3 is 10.3 Å². The van der Waals surface area contributed by atoms with E-state index in [-0.39, 0.29) is 6.04 Å². The Kier molecular flexibility index (Phi) is 2.49. The van der Waals surface area contributed by atoms with Crippen molar-refractivity contribution in [2.24, 2.45) is 5.73 Å². The van der Waals surface area contributed by atoms with E-state index in [4.69, 9.17) is 10.3 Å². The van der Waals surface area contributed by atoms with E-state index in [9.17, 15) is 0 Å². The fourth-order valence-electron chi connectivity index (χ4n) is 1.68. The molecule has 0 bridgehead atoms. The van der Waals surface area contributed by atoms with Crippen LogP contribution in [0.1, 0.15) is 44.1 Å². The van der Waals surface area contributed by atoms with Gasteiger partial charge >= 0.3 is 0 Å². The van der Waals surface area contributed by atoms with E-state index in [0.717, 1.165) is 22.2 Å². The van der Waals surface area contributed by atoms with Crippen LogP contribution < -0.4 is 5.73 Å². The minimum Gasteiger partial charge on any atom is -0.360 e. The average molecular weight is 204 g/mol. The minimum absolute atomic E-state index is 0.0457. The van der Waals surface area contributed by atoms with E-state index >= 15 is 0 Å². The van der Waals surface area contributed by atoms with Crippen molar-refractivity contribution in [3.05, 3.63) is 29.5 Å². The molecule has 1 aromatic heterocycles. The summed E-state index contributed by atoms with van der Waals surface area (Å²) in [5.41, 5.74) is 7.87. The number of fused-ring (bicyclic) bond motifs is 1. The predicted octanol–water partition coefficient (Wildman–Crippen LogP) is 2.97. The number of hydrogen-bond donors (Lipinski definition) is 1. The Morgan fingerprint density at radius 3 is 2.60 bits per heavy atom. The summed E-state index contributed by atoms with van der Waals surface area (Å²) in [6.07, 6.45) is 0. The van der Waals surface area contributed by atoms with Gasteiger partial charge in [0.05, 0.1) is 0 Å². The summed E-state index contributed by atoms with van der Waals surface area (Å²) in [5, 5.41) is 5.11. The minimum atomic E-state index is 0.0457. The average Bonchev–Trinajstić information content (AvgIpc) is 2.59. The number of nitrogens with zero attached hydrogens (tertiary/aromatic N) is 1. The molecule has 80 valence electrons. The number of rotatable bonds is 2. The second-order valence-electron chi connectivity index (χ2n) is 4.27. The summed E-state index contributed by atoms with van der Waals surface area (Å²) < 4.78 is 5.32. The molecule has 0 radical (unpaired) electrons. The van der Waals surface area contributed by atoms with Crippen LogP contribution in [0.25, 0.3) is 10.9 Å². The first-order chi connectivity index (χ1) is 7.09. The van der Waals surface area contributed by atoms with Gasteiger partial charge in [-0.3, -0.25) is 0 Å². The van der Waals surface area contributed by atoms with E-state index < -0.39 is 0 Å². The van der Waals surface area contributed by atoms with Gasteiger partial charge in [-0.1, -0.05) is 25.1 Å². The molecule has 2 rings (SSSR count). The fraction of sp³-hybridized carbons (Fsp3) is 0.417. The molecule has 0 fully saturated rings. The molecule has 0 amide bonds. The lowest BCUT2D eigenvalue weighted by Crippen LogP contribution is -2.04. The van der Waals surface area contributed by atoms with Crippen molar-refractivity contribution in [2.75, 3.05) is 0 Å². The Labute approximate surface area is 89.2 Å². The normalized spacial score (nSPS) is 13.7. The van der Waals surface area contributed by atoms with Crippen LogP contribution in [0, 0.1) is 0 Å². The van der Waals surface area contributed by atoms with Crippen molar-refractivity contribution in [3.63, 3.8) is 0 Å². The second kappa shape index (κ2) is 3.66. The van der Waals surface area contributed by atoms with Crippen LogP contribution in [-0.2, 0) is 0 Å². The zero-order chi connectivity index (χ0) is 11.0. The van der Waals surface area contributed by atoms with Crippen molar-refractivity contribution >= 4 is 10.9 Å². The molecule has 1 aromatic carbocycles. The largest absolute Gasteiger partial charge is 0.360 e. The lowest BCUT2D eigenvalue weighted by molar-refractivity contribution is 0.378. The number of benzene rings is 1. The first-order valence-electron chi connectivity index (χ1n) is 5.24. The quantitative estimate of drug-likeness (QED) is 0.818. The Morgan fingerprint density at radius 1 is 1.27 bits per heavy atom. The van der Waals surface area contributed by atoms with Gasteiger partial charge in [0.2, 0.25) is 0 Å². The zero-order valence-electron chi connectivity index (χ0n) is 9.32. The molecule has 1 heterocycles. The predicted molar refractivity (Wildman–Crippen MR) is 60.7 cm³/mol. The molecule has 0 saturated heterocycles. The van der Waals surface area contributed by atoms with Crippen molar-refractivity contribution in [1.82, 2.24) is 5.16 Å². The molecule has 2 aromatic rings. The lowest BCUT2D eigenvalue weighted by atomic mass is 10.0. The maximum Gasteiger partial charge on any atom is 0.147 e. The molecule has 3 nitrogen and oxygen atoms in total. The highest BCUT2D eigenvalue weighted by atomic mass is 16.5. The third-order valence-electron chi connectivity index (χ3n) is 2.58. The molecule has 1 unspecified atom stereocenters. The summed E-state index contributed by atoms with van der Waals surface area (Å²) >= 11 is 0. The Hall–Kier alpha value is -1.35. The molecule has 0 saturated carbocycles. The van der Waals surface area contributed by atoms with Crippen molar-refractivity contribution in [3.8, 4) is 0 Å². The first-order valence-corrected chi connectivity index (χ1v) is 5.24. The standard InChI is InChI=1S/C12H16N2O/c1-7(2)12-10-6-9(8(3)13)4-5-11(10)14-15-12/h4-8H,13H2,1-3H3. The SMILES string of the molecule is CC(C)c1onc2ccc(C(C)N)cc12. The molecule has 2 N–H and O–H groups in total. The topological polar surface area (TPSA) is 52.0 Å². The Balaban J connectivity index is 2.61. The van der Waals surface area contributed by atoms with Gasteiger partial charge in [0.1, 0.15) is 11.3 Å². The molecule has 1 atom stereocenters. The summed E-state index contributed by atoms with van der Waals surface area (Å²) in [6, 6.07) is 6.08. The van der Waals surface area contributed by atoms with Gasteiger partial charge in [0.25, 0.3) is 0 Å². The van der Waals surface area contributed by atoms with Crippen LogP contribution in [0.3, 0.4) is 0 Å². The summed E-state index contributed by atoms with van der Waals surface area (Å²) in [6.45, 7) is 6.17. The smallest absolute Gasteiger partial charge is 0.147 e. The van der Waals surface area contributed by atoms with Crippen LogP contribution in [0.5, 0.6) is 0 Å². The van der Waals surface area contributed by atoms with Gasteiger partial charge in [0.15, 0.2) is 0 Å². The highest BCUT2D eigenvalue weighted by Gasteiger charge is 2.12. The highest BCUT2D eigenvalue weighted by molar-refractivity contribution is 5.81. The van der Waals surface area contributed by atoms with E-state index in [1.165, 1.54) is 0 Å². The van der Waals surface area contributed by atoms with Crippen molar-refractivity contribution in [2.45, 2.75) is 32.7 Å². The van der Waals surface area contributed by atoms with E-state index in [2.05, 4.69) is 25.1 Å². The van der Waals surface area contributed by atoms with Gasteiger partial charge in [0, 0.05) is 17.3 Å². The van der Waals surface area contributed by atoms with E-state index in [0.29, 0.717) is 5.92 Å². The Bertz CT molecular complexity index is 471. The second-order valence-corrected chi connectivity index (χ2v) is 4.27. The molecule has 0 spiro atoms. The lowest BCUT2D eigenvalue weighted by Gasteiger charge is -2.05. The van der Waals surface area contributed by atoms with Crippen LogP contribution in [0.4, 0.5) is 0 Å². The third-order valence-corrected chi connectivity index (χ3v) is 2.58. The number of aromatic nitrogens is 1. The molecule has 0 aliphatic carbocycles. The number of hydrogen-bond acceptors (Lipinski definition) is 3. The zero-order valence-corrected chi connectivity index (χ0v) is 9.32. The molecule has 0 aliphatic rings. The van der Waals surface area contributed by atoms with Gasteiger partial charge in [-0.25, -0.2) is 0 Å². The first kappa shape index (κ1) is 10.2. The maximum absolute atomic E-state index is 5.85. The molecule has 15 heavy (non-hydrogen) atoms. The molecular formula is C12H16N2O. The van der Waals surface area contributed by atoms with E-state index in [1.54, 1.807) is 0 Å². The molecule has 0 aliphatic heterocycles. The monoisotopic (exact) mass is 204 g/mol. The Morgan fingerprint density at radius 2 is 2.00 bits per heavy atom. The van der Waals surface area contributed by atoms with Crippen molar-refractivity contribution in [1.29, 1.82) is 0 Å².